The van der Waals surface area contributed by atoms with Gasteiger partial charge in [-0.05, 0) is 0 Å². The molecule has 0 radical (unpaired) electrons. The summed E-state index contributed by atoms with van der Waals surface area (Å²) in [6.45, 7) is 0. The number of benzene rings is 6. The summed E-state index contributed by atoms with van der Waals surface area (Å²) in [5.74, 6) is 4.41. The molecule has 0 atom stereocenters. The number of hydrazine groups is 6. The quantitative estimate of drug-likeness (QED) is 0.0128. The van der Waals surface area contributed by atoms with Crippen LogP contribution in [0.25, 0.3) is 0 Å². The molecular formula is C58H73N12O6Se2Te4+. The molecule has 82 heavy (non-hydrogen) atoms. The van der Waals surface area contributed by atoms with E-state index in [1.54, 1.807) is 29.1 Å². The summed E-state index contributed by atoms with van der Waals surface area (Å²) in [5, 5.41) is 24.2. The van der Waals surface area contributed by atoms with Crippen LogP contribution in [0.1, 0.15) is 46.2 Å². The van der Waals surface area contributed by atoms with E-state index in [9.17, 15) is 19.2 Å². The molecule has 0 spiro atoms. The van der Waals surface area contributed by atoms with Crippen molar-refractivity contribution in [3.8, 4) is 0 Å². The summed E-state index contributed by atoms with van der Waals surface area (Å²) < 4.78 is 8.65. The molecule has 0 aliphatic carbocycles. The van der Waals surface area contributed by atoms with Crippen LogP contribution in [0.2, 0.25) is 5.82 Å². The van der Waals surface area contributed by atoms with E-state index in [1.165, 1.54) is 30.5 Å². The number of nitrogens with two attached hydrogens (primary N) is 1. The summed E-state index contributed by atoms with van der Waals surface area (Å²) in [4.78, 5) is 43.2. The number of rotatable bonds is 21. The predicted molar refractivity (Wildman–Crippen MR) is 341 cm³/mol. The van der Waals surface area contributed by atoms with Crippen molar-refractivity contribution in [1.29, 1.82) is 0 Å². The van der Waals surface area contributed by atoms with E-state index in [4.69, 9.17) is 16.1 Å². The van der Waals surface area contributed by atoms with Crippen LogP contribution in [0.4, 0.5) is 0 Å². The molecule has 6 aromatic rings. The molecule has 2 amide bonds. The van der Waals surface area contributed by atoms with Gasteiger partial charge in [-0.3, -0.25) is 9.59 Å². The van der Waals surface area contributed by atoms with Crippen LogP contribution in [0.3, 0.4) is 0 Å². The van der Waals surface area contributed by atoms with E-state index in [-0.39, 0.29) is 18.2 Å². The van der Waals surface area contributed by atoms with Gasteiger partial charge in [-0.2, -0.15) is 0 Å². The van der Waals surface area contributed by atoms with E-state index >= 15 is 0 Å². The number of hydrogen-bond acceptors (Lipinski definition) is 13. The molecule has 6 aromatic carbocycles. The van der Waals surface area contributed by atoms with Crippen LogP contribution in [0.15, 0.2) is 182 Å². The Hall–Kier alpha value is -4.90. The Morgan fingerprint density at radius 3 is 1.01 bits per heavy atom. The average Bonchev–Trinajstić information content (AvgIpc) is 3.50. The van der Waals surface area contributed by atoms with Gasteiger partial charge in [-0.25, -0.2) is 0 Å². The Balaban J connectivity index is 0.000000523. The van der Waals surface area contributed by atoms with Crippen molar-refractivity contribution >= 4 is 165 Å². The van der Waals surface area contributed by atoms with Gasteiger partial charge in [-0.15, -0.1) is 0 Å². The fourth-order valence-electron chi connectivity index (χ4n) is 6.05. The van der Waals surface area contributed by atoms with Gasteiger partial charge >= 0.3 is 529 Å². The van der Waals surface area contributed by atoms with Crippen molar-refractivity contribution in [2.75, 3.05) is 63.4 Å². The molecule has 0 saturated carbocycles. The third-order valence-electron chi connectivity index (χ3n) is 10.4. The number of nitrogens with one attached hydrogen (secondary N) is 5. The Morgan fingerprint density at radius 2 is 0.756 bits per heavy atom. The summed E-state index contributed by atoms with van der Waals surface area (Å²) in [5.41, 5.74) is 21.6. The zero-order chi connectivity index (χ0) is 61.6. The molecule has 436 valence electrons. The zero-order valence-electron chi connectivity index (χ0n) is 47.5. The Labute approximate surface area is 549 Å². The molecule has 0 aromatic heterocycles. The summed E-state index contributed by atoms with van der Waals surface area (Å²) >= 11 is 11.1. The maximum atomic E-state index is 12.2. The Morgan fingerprint density at radius 1 is 0.476 bits per heavy atom. The number of amides is 2. The predicted octanol–water partition coefficient (Wildman–Crippen LogP) is 1.44. The zero-order valence-corrected chi connectivity index (χ0v) is 60.2. The molecule has 0 heterocycles. The van der Waals surface area contributed by atoms with Gasteiger partial charge in [0.2, 0.25) is 0 Å². The third-order valence-corrected chi connectivity index (χ3v) is 19.2. The van der Waals surface area contributed by atoms with Gasteiger partial charge < -0.3 is 10.2 Å². The molecule has 0 unspecified atom stereocenters. The number of aliphatic carboxylic acids is 2. The van der Waals surface area contributed by atoms with E-state index in [2.05, 4.69) is 102 Å². The van der Waals surface area contributed by atoms with Crippen molar-refractivity contribution in [3.05, 3.63) is 215 Å². The van der Waals surface area contributed by atoms with Crippen LogP contribution in [-0.2, 0) is 19.2 Å². The van der Waals surface area contributed by atoms with Crippen molar-refractivity contribution in [2.45, 2.75) is 18.7 Å². The van der Waals surface area contributed by atoms with E-state index in [0.717, 1.165) is 26.7 Å². The monoisotopic (exact) mass is 1710 g/mol. The molecule has 24 heteroatoms. The first kappa shape index (κ1) is 75.1. The van der Waals surface area contributed by atoms with E-state index < -0.39 is 18.4 Å². The second kappa shape index (κ2) is 43.7. The van der Waals surface area contributed by atoms with Crippen LogP contribution < -0.4 is 33.0 Å². The molecule has 0 aliphatic rings. The van der Waals surface area contributed by atoms with E-state index in [1.807, 2.05) is 280 Å². The van der Waals surface area contributed by atoms with Gasteiger partial charge in [0.1, 0.15) is 6.42 Å². The molecule has 0 bridgehead atoms. The van der Waals surface area contributed by atoms with Gasteiger partial charge in [0.25, 0.3) is 0 Å². The van der Waals surface area contributed by atoms with Crippen LogP contribution >= 0.6 is 0 Å². The summed E-state index contributed by atoms with van der Waals surface area (Å²) in [6.07, 6.45) is -1.07. The molecule has 6 rings (SSSR count). The van der Waals surface area contributed by atoms with Crippen molar-refractivity contribution in [3.63, 3.8) is 0 Å². The maximum absolute atomic E-state index is 12.2. The second-order valence-electron chi connectivity index (χ2n) is 16.5. The fraction of sp³-hybridized carbons (Fsp3) is 0.207. The number of hydrazone groups is 1. The Bertz CT molecular complexity index is 2820. The molecule has 0 aliphatic heterocycles. The first-order chi connectivity index (χ1) is 39.0. The Kier molecular flexibility index (Phi) is 40.0. The standard InChI is InChI=1S/C19H20N4O2Te2.C10H15N2Se.C9H12N2Se.C9H12N2Te.C8H10N2Te.C3H4O4/c1-22(18(26)14-9-5-3-6-10-14)20-16(24)13-17(25)21-23(2)19(27)15-11-7-4-8-12-15;1-11-12(2)10(13-3)9-7-5-4-6-8-9;2*1-10-11(2)9(12)8-6-4-3-5-7-8;1-10(9)8(11)7-5-3-2-4-6-7;4-2(5)1-3(6)7/h3-12H,13H2,1-2H3,(H,20,24)(H,21,25);4-8,11H,1-3H3;2*3-7,10H,1-2H3;2-6H,9H2,1H3;1H2,(H,4,5)(H,6,7)/q;+1;;;;/b;12-10+;;;;. The van der Waals surface area contributed by atoms with Gasteiger partial charge in [0.05, 0.1) is 0 Å². The SMILES string of the molecule is CN(N)C(=[Te])c1ccccc1.CN(NC(=O)CC(=O)NN(C)C(=[Te])c1ccccc1)C(=[Te])c1ccccc1.CN/[N+](C)=C(/[Se]C)c1ccccc1.CNN(C)C(=[Se])c1ccccc1.CNN(C)C(=[Te])c1ccccc1.O=C(O)CC(=O)O. The summed E-state index contributed by atoms with van der Waals surface area (Å²) in [6, 6.07) is 60.6. The minimum atomic E-state index is -1.31. The topological polar surface area (TPSA) is 214 Å². The largest absolute Gasteiger partial charge is 0.481 e. The fourth-order valence-corrected chi connectivity index (χ4v) is 10.1. The smallest absolute Gasteiger partial charge is 0.314 e. The minimum absolute atomic E-state index is 0.263. The number of hydrogen-bond donors (Lipinski definition) is 8. The summed E-state index contributed by atoms with van der Waals surface area (Å²) in [7, 11) is 17.1. The molecule has 18 nitrogen and oxygen atoms in total. The number of nitrogens with zero attached hydrogens (tertiary/aromatic N) is 6. The van der Waals surface area contributed by atoms with Gasteiger partial charge in [-0.1, -0.05) is 0 Å². The first-order valence-corrected chi connectivity index (χ1v) is 32.8. The number of carboxylic acid groups (broad SMARTS) is 2. The van der Waals surface area contributed by atoms with Crippen molar-refractivity contribution in [2.24, 2.45) is 5.84 Å². The van der Waals surface area contributed by atoms with E-state index in [0.29, 0.717) is 15.0 Å². The van der Waals surface area contributed by atoms with Crippen LogP contribution in [0.5, 0.6) is 0 Å². The average molecular weight is 1700 g/mol. The number of carbonyl (C=O) groups excluding carboxylic acids is 2. The first-order valence-electron chi connectivity index (χ1n) is 24.7. The van der Waals surface area contributed by atoms with Crippen molar-refractivity contribution < 1.29 is 34.1 Å². The molecule has 9 N–H and O–H groups in total. The third kappa shape index (κ3) is 31.1. The normalized spacial score (nSPS) is 9.89. The molecular weight excluding hydrogens is 1630 g/mol. The van der Waals surface area contributed by atoms with Gasteiger partial charge in [0, 0.05) is 0 Å². The molecule has 0 fully saturated rings. The second-order valence-corrected chi connectivity index (χ2v) is 23.4. The van der Waals surface area contributed by atoms with Gasteiger partial charge in [0.15, 0.2) is 0 Å². The number of carboxylic acids is 2. The number of carbonyl (C=O) groups is 4. The van der Waals surface area contributed by atoms with Crippen LogP contribution in [-0.4, -0.2) is 269 Å². The van der Waals surface area contributed by atoms with Crippen LogP contribution in [0, 0.1) is 0 Å². The molecule has 0 saturated heterocycles. The maximum Gasteiger partial charge on any atom is 0.314 e. The minimum Gasteiger partial charge on any atom is -0.481 e. The van der Waals surface area contributed by atoms with Crippen molar-refractivity contribution in [1.82, 2.24) is 52.2 Å².